The third kappa shape index (κ3) is 3.76. The molecule has 5 nitrogen and oxygen atoms in total. The lowest BCUT2D eigenvalue weighted by Crippen LogP contribution is -2.12. The highest BCUT2D eigenvalue weighted by Crippen LogP contribution is 2.15. The van der Waals surface area contributed by atoms with Crippen molar-refractivity contribution in [2.75, 3.05) is 18.9 Å². The molecule has 1 aromatic carbocycles. The third-order valence-corrected chi connectivity index (χ3v) is 2.57. The van der Waals surface area contributed by atoms with E-state index in [1.165, 1.54) is 0 Å². The number of nitrogens with zero attached hydrogens (tertiary/aromatic N) is 3. The zero-order chi connectivity index (χ0) is 13.5. The third-order valence-electron chi connectivity index (χ3n) is 2.57. The maximum Gasteiger partial charge on any atom is 0.134 e. The topological polar surface area (TPSA) is 73.6 Å². The van der Waals surface area contributed by atoms with E-state index in [9.17, 15) is 0 Å². The monoisotopic (exact) mass is 253 g/mol. The molecule has 0 unspecified atom stereocenters. The largest absolute Gasteiger partial charge is 0.340 e. The van der Waals surface area contributed by atoms with Crippen LogP contribution < -0.4 is 10.6 Å². The highest BCUT2D eigenvalue weighted by atomic mass is 15.0. The SMILES string of the molecule is CNCCc1nccc(Nc2cccc(C#N)c2)n1. The number of rotatable bonds is 5. The Morgan fingerprint density at radius 1 is 1.32 bits per heavy atom. The van der Waals surface area contributed by atoms with E-state index in [1.54, 1.807) is 18.3 Å². The number of hydrogen-bond donors (Lipinski definition) is 2. The summed E-state index contributed by atoms with van der Waals surface area (Å²) in [5.41, 5.74) is 1.46. The Bertz CT molecular complexity index is 588. The van der Waals surface area contributed by atoms with Crippen LogP contribution in [-0.2, 0) is 6.42 Å². The van der Waals surface area contributed by atoms with Gasteiger partial charge in [0.15, 0.2) is 0 Å². The molecule has 0 aliphatic carbocycles. The Balaban J connectivity index is 2.12. The number of likely N-dealkylation sites (N-methyl/N-ethyl adjacent to an activating group) is 1. The van der Waals surface area contributed by atoms with E-state index >= 15 is 0 Å². The van der Waals surface area contributed by atoms with Gasteiger partial charge >= 0.3 is 0 Å². The van der Waals surface area contributed by atoms with Crippen LogP contribution in [0.5, 0.6) is 0 Å². The van der Waals surface area contributed by atoms with Gasteiger partial charge in [0.2, 0.25) is 0 Å². The Morgan fingerprint density at radius 2 is 2.21 bits per heavy atom. The van der Waals surface area contributed by atoms with Crippen LogP contribution in [0.15, 0.2) is 36.5 Å². The zero-order valence-electron chi connectivity index (χ0n) is 10.7. The van der Waals surface area contributed by atoms with Gasteiger partial charge in [0.1, 0.15) is 11.6 Å². The average molecular weight is 253 g/mol. The van der Waals surface area contributed by atoms with E-state index in [0.717, 1.165) is 30.3 Å². The van der Waals surface area contributed by atoms with Crippen LogP contribution in [0, 0.1) is 11.3 Å². The van der Waals surface area contributed by atoms with Crippen molar-refractivity contribution < 1.29 is 0 Å². The molecule has 1 heterocycles. The quantitative estimate of drug-likeness (QED) is 0.850. The van der Waals surface area contributed by atoms with Crippen LogP contribution in [0.3, 0.4) is 0 Å². The first kappa shape index (κ1) is 13.0. The molecule has 0 amide bonds. The minimum Gasteiger partial charge on any atom is -0.340 e. The van der Waals surface area contributed by atoms with Gasteiger partial charge < -0.3 is 10.6 Å². The van der Waals surface area contributed by atoms with Crippen molar-refractivity contribution in [3.05, 3.63) is 47.9 Å². The van der Waals surface area contributed by atoms with Crippen molar-refractivity contribution in [3.8, 4) is 6.07 Å². The summed E-state index contributed by atoms with van der Waals surface area (Å²) in [6.45, 7) is 0.841. The van der Waals surface area contributed by atoms with Crippen LogP contribution in [0.25, 0.3) is 0 Å². The number of nitrogens with one attached hydrogen (secondary N) is 2. The van der Waals surface area contributed by atoms with E-state index in [-0.39, 0.29) is 0 Å². The van der Waals surface area contributed by atoms with Crippen molar-refractivity contribution in [1.82, 2.24) is 15.3 Å². The Hall–Kier alpha value is -2.45. The molecule has 0 saturated carbocycles. The number of benzene rings is 1. The Kier molecular flexibility index (Phi) is 4.43. The molecule has 0 atom stereocenters. The summed E-state index contributed by atoms with van der Waals surface area (Å²) in [5, 5.41) is 15.1. The summed E-state index contributed by atoms with van der Waals surface area (Å²) in [5.74, 6) is 1.52. The van der Waals surface area contributed by atoms with E-state index in [2.05, 4.69) is 26.7 Å². The molecule has 0 saturated heterocycles. The molecule has 2 N–H and O–H groups in total. The van der Waals surface area contributed by atoms with Crippen molar-refractivity contribution in [3.63, 3.8) is 0 Å². The van der Waals surface area contributed by atoms with Crippen LogP contribution in [0.4, 0.5) is 11.5 Å². The lowest BCUT2D eigenvalue weighted by atomic mass is 10.2. The van der Waals surface area contributed by atoms with Gasteiger partial charge in [-0.1, -0.05) is 6.07 Å². The van der Waals surface area contributed by atoms with E-state index in [4.69, 9.17) is 5.26 Å². The number of nitriles is 1. The minimum atomic E-state index is 0.620. The lowest BCUT2D eigenvalue weighted by molar-refractivity contribution is 0.756. The molecule has 5 heteroatoms. The minimum absolute atomic E-state index is 0.620. The van der Waals surface area contributed by atoms with Gasteiger partial charge in [-0.2, -0.15) is 5.26 Å². The second-order valence-corrected chi connectivity index (χ2v) is 4.03. The van der Waals surface area contributed by atoms with Gasteiger partial charge in [-0.05, 0) is 31.3 Å². The highest BCUT2D eigenvalue weighted by molar-refractivity contribution is 5.58. The van der Waals surface area contributed by atoms with Gasteiger partial charge in [0.25, 0.3) is 0 Å². The molecule has 0 fully saturated rings. The molecule has 0 radical (unpaired) electrons. The van der Waals surface area contributed by atoms with Crippen molar-refractivity contribution >= 4 is 11.5 Å². The summed E-state index contributed by atoms with van der Waals surface area (Å²) in [6.07, 6.45) is 2.51. The van der Waals surface area contributed by atoms with Crippen LogP contribution in [0.1, 0.15) is 11.4 Å². The van der Waals surface area contributed by atoms with Crippen LogP contribution in [-0.4, -0.2) is 23.6 Å². The first-order valence-corrected chi connectivity index (χ1v) is 6.05. The summed E-state index contributed by atoms with van der Waals surface area (Å²) >= 11 is 0. The highest BCUT2D eigenvalue weighted by Gasteiger charge is 2.00. The predicted molar refractivity (Wildman–Crippen MR) is 74.1 cm³/mol. The molecule has 2 aromatic rings. The van der Waals surface area contributed by atoms with Crippen molar-refractivity contribution in [2.24, 2.45) is 0 Å². The van der Waals surface area contributed by atoms with E-state index in [0.29, 0.717) is 5.56 Å². The first-order chi connectivity index (χ1) is 9.31. The zero-order valence-corrected chi connectivity index (χ0v) is 10.7. The van der Waals surface area contributed by atoms with E-state index < -0.39 is 0 Å². The summed E-state index contributed by atoms with van der Waals surface area (Å²) < 4.78 is 0. The fraction of sp³-hybridized carbons (Fsp3) is 0.214. The lowest BCUT2D eigenvalue weighted by Gasteiger charge is -2.07. The summed E-state index contributed by atoms with van der Waals surface area (Å²) in [6, 6.07) is 11.2. The van der Waals surface area contributed by atoms with Crippen molar-refractivity contribution in [1.29, 1.82) is 5.26 Å². The molecular formula is C14H15N5. The predicted octanol–water partition coefficient (Wildman–Crippen LogP) is 1.85. The molecule has 0 aliphatic heterocycles. The molecule has 2 rings (SSSR count). The van der Waals surface area contributed by atoms with Crippen molar-refractivity contribution in [2.45, 2.75) is 6.42 Å². The summed E-state index contributed by atoms with van der Waals surface area (Å²) in [4.78, 5) is 8.62. The Morgan fingerprint density at radius 3 is 3.00 bits per heavy atom. The fourth-order valence-electron chi connectivity index (χ4n) is 1.64. The van der Waals surface area contributed by atoms with Gasteiger partial charge in [0, 0.05) is 24.8 Å². The molecule has 0 spiro atoms. The second kappa shape index (κ2) is 6.47. The standard InChI is InChI=1S/C14H15N5/c1-16-7-5-13-17-8-6-14(19-13)18-12-4-2-3-11(9-12)10-15/h2-4,6,8-9,16H,5,7H2,1H3,(H,17,18,19). The molecule has 0 bridgehead atoms. The number of aromatic nitrogens is 2. The van der Waals surface area contributed by atoms with Crippen LogP contribution in [0.2, 0.25) is 0 Å². The van der Waals surface area contributed by atoms with Gasteiger partial charge in [-0.25, -0.2) is 9.97 Å². The smallest absolute Gasteiger partial charge is 0.134 e. The average Bonchev–Trinajstić information content (AvgIpc) is 2.46. The maximum absolute atomic E-state index is 8.86. The fourth-order valence-corrected chi connectivity index (χ4v) is 1.64. The molecule has 19 heavy (non-hydrogen) atoms. The second-order valence-electron chi connectivity index (χ2n) is 4.03. The van der Waals surface area contributed by atoms with E-state index in [1.807, 2.05) is 25.2 Å². The van der Waals surface area contributed by atoms with Gasteiger partial charge in [-0.3, -0.25) is 0 Å². The number of anilines is 2. The first-order valence-electron chi connectivity index (χ1n) is 6.05. The molecule has 1 aromatic heterocycles. The van der Waals surface area contributed by atoms with Gasteiger partial charge in [-0.15, -0.1) is 0 Å². The molecular weight excluding hydrogens is 238 g/mol. The molecule has 0 aliphatic rings. The normalized spacial score (nSPS) is 9.89. The summed E-state index contributed by atoms with van der Waals surface area (Å²) in [7, 11) is 1.90. The number of hydrogen-bond acceptors (Lipinski definition) is 5. The Labute approximate surface area is 112 Å². The molecule has 96 valence electrons. The van der Waals surface area contributed by atoms with Crippen LogP contribution >= 0.6 is 0 Å². The van der Waals surface area contributed by atoms with Gasteiger partial charge in [0.05, 0.1) is 11.6 Å². The maximum atomic E-state index is 8.86.